The van der Waals surface area contributed by atoms with E-state index in [9.17, 15) is 0 Å². The third-order valence-electron chi connectivity index (χ3n) is 3.00. The van der Waals surface area contributed by atoms with Crippen LogP contribution >= 0.6 is 0 Å². The third-order valence-corrected chi connectivity index (χ3v) is 3.00. The molecule has 0 unspecified atom stereocenters. The van der Waals surface area contributed by atoms with Gasteiger partial charge in [-0.15, -0.1) is 0 Å². The van der Waals surface area contributed by atoms with Crippen LogP contribution in [0.3, 0.4) is 0 Å². The molecule has 2 aliphatic rings. The highest BCUT2D eigenvalue weighted by atomic mass is 16.5. The molecule has 0 amide bonds. The van der Waals surface area contributed by atoms with E-state index in [0.717, 1.165) is 13.0 Å². The minimum absolute atomic E-state index is 0.936. The van der Waals surface area contributed by atoms with Gasteiger partial charge >= 0.3 is 0 Å². The summed E-state index contributed by atoms with van der Waals surface area (Å²) >= 11 is 0. The first kappa shape index (κ1) is 7.90. The highest BCUT2D eigenvalue weighted by Gasteiger charge is 2.20. The third kappa shape index (κ3) is 1.17. The Labute approximate surface area is 74.1 Å². The van der Waals surface area contributed by atoms with Gasteiger partial charge in [-0.2, -0.15) is 0 Å². The lowest BCUT2D eigenvalue weighted by molar-refractivity contribution is 0.177. The Morgan fingerprint density at radius 2 is 1.92 bits per heavy atom. The molecule has 1 nitrogen and oxygen atoms in total. The van der Waals surface area contributed by atoms with E-state index in [1.807, 2.05) is 0 Å². The molecule has 0 fully saturated rings. The summed E-state index contributed by atoms with van der Waals surface area (Å²) in [6.45, 7) is 5.41. The number of allylic oxidation sites excluding steroid dienone is 4. The molecule has 0 aromatic heterocycles. The summed E-state index contributed by atoms with van der Waals surface area (Å²) in [7, 11) is 0. The van der Waals surface area contributed by atoms with Crippen molar-refractivity contribution in [3.8, 4) is 0 Å². The van der Waals surface area contributed by atoms with Gasteiger partial charge in [0, 0.05) is 6.42 Å². The van der Waals surface area contributed by atoms with Crippen LogP contribution in [0.25, 0.3) is 0 Å². The van der Waals surface area contributed by atoms with Gasteiger partial charge in [-0.1, -0.05) is 5.57 Å². The maximum absolute atomic E-state index is 5.65. The van der Waals surface area contributed by atoms with Crippen LogP contribution in [0.15, 0.2) is 22.5 Å². The lowest BCUT2D eigenvalue weighted by Gasteiger charge is -2.27. The van der Waals surface area contributed by atoms with Gasteiger partial charge < -0.3 is 4.74 Å². The second-order valence-corrected chi connectivity index (χ2v) is 3.76. The van der Waals surface area contributed by atoms with E-state index >= 15 is 0 Å². The Morgan fingerprint density at radius 3 is 2.75 bits per heavy atom. The predicted octanol–water partition coefficient (Wildman–Crippen LogP) is 3.18. The van der Waals surface area contributed by atoms with Crippen LogP contribution in [0.5, 0.6) is 0 Å². The topological polar surface area (TPSA) is 9.23 Å². The van der Waals surface area contributed by atoms with Crippen molar-refractivity contribution >= 4 is 0 Å². The van der Waals surface area contributed by atoms with Crippen LogP contribution in [0.4, 0.5) is 0 Å². The van der Waals surface area contributed by atoms with Crippen LogP contribution in [-0.2, 0) is 4.74 Å². The van der Waals surface area contributed by atoms with Crippen molar-refractivity contribution in [2.45, 2.75) is 39.5 Å². The fourth-order valence-electron chi connectivity index (χ4n) is 2.04. The zero-order valence-corrected chi connectivity index (χ0v) is 7.94. The molecule has 66 valence electrons. The van der Waals surface area contributed by atoms with Gasteiger partial charge in [-0.3, -0.25) is 0 Å². The summed E-state index contributed by atoms with van der Waals surface area (Å²) < 4.78 is 5.65. The monoisotopic (exact) mass is 164 g/mol. The molecule has 0 N–H and O–H groups in total. The van der Waals surface area contributed by atoms with E-state index in [4.69, 9.17) is 4.74 Å². The quantitative estimate of drug-likeness (QED) is 0.534. The fraction of sp³-hybridized carbons (Fsp3) is 0.636. The standard InChI is InChI=1S/C11H16O/c1-8-5-6-11-10(9(8)2)4-3-7-12-11/h3-7H2,1-2H3. The molecule has 0 saturated heterocycles. The highest BCUT2D eigenvalue weighted by Crippen LogP contribution is 2.35. The maximum atomic E-state index is 5.65. The Kier molecular flexibility index (Phi) is 1.95. The Balaban J connectivity index is 2.35. The smallest absolute Gasteiger partial charge is 0.0997 e. The molecular weight excluding hydrogens is 148 g/mol. The zero-order valence-electron chi connectivity index (χ0n) is 7.94. The molecule has 1 heterocycles. The van der Waals surface area contributed by atoms with Crippen molar-refractivity contribution in [3.63, 3.8) is 0 Å². The SMILES string of the molecule is CC1=C(C)C2=C(CC1)OCCC2. The molecule has 0 aromatic carbocycles. The zero-order chi connectivity index (χ0) is 8.55. The average Bonchev–Trinajstić information content (AvgIpc) is 2.12. The van der Waals surface area contributed by atoms with E-state index in [1.165, 1.54) is 36.2 Å². The van der Waals surface area contributed by atoms with E-state index in [1.54, 1.807) is 5.57 Å². The minimum Gasteiger partial charge on any atom is -0.498 e. The summed E-state index contributed by atoms with van der Waals surface area (Å²) in [5, 5.41) is 0. The van der Waals surface area contributed by atoms with E-state index in [2.05, 4.69) is 13.8 Å². The molecule has 0 atom stereocenters. The summed E-state index contributed by atoms with van der Waals surface area (Å²) in [4.78, 5) is 0. The minimum atomic E-state index is 0.936. The van der Waals surface area contributed by atoms with Crippen molar-refractivity contribution in [3.05, 3.63) is 22.5 Å². The maximum Gasteiger partial charge on any atom is 0.0997 e. The molecule has 0 aromatic rings. The summed E-state index contributed by atoms with van der Waals surface area (Å²) in [5.41, 5.74) is 4.56. The van der Waals surface area contributed by atoms with Gasteiger partial charge in [0.05, 0.1) is 12.4 Å². The van der Waals surface area contributed by atoms with Gasteiger partial charge in [0.2, 0.25) is 0 Å². The number of hydrogen-bond acceptors (Lipinski definition) is 1. The second kappa shape index (κ2) is 2.96. The van der Waals surface area contributed by atoms with Crippen LogP contribution in [0, 0.1) is 0 Å². The second-order valence-electron chi connectivity index (χ2n) is 3.76. The summed E-state index contributed by atoms with van der Waals surface area (Å²) in [5.74, 6) is 1.28. The van der Waals surface area contributed by atoms with Crippen molar-refractivity contribution in [1.29, 1.82) is 0 Å². The van der Waals surface area contributed by atoms with Gasteiger partial charge in [0.15, 0.2) is 0 Å². The lowest BCUT2D eigenvalue weighted by atomic mass is 9.88. The molecular formula is C11H16O. The first-order valence-electron chi connectivity index (χ1n) is 4.80. The molecule has 0 bridgehead atoms. The molecule has 0 saturated carbocycles. The highest BCUT2D eigenvalue weighted by molar-refractivity contribution is 5.39. The number of ether oxygens (including phenoxy) is 1. The van der Waals surface area contributed by atoms with E-state index in [-0.39, 0.29) is 0 Å². The Hall–Kier alpha value is -0.720. The van der Waals surface area contributed by atoms with Crippen molar-refractivity contribution in [1.82, 2.24) is 0 Å². The van der Waals surface area contributed by atoms with Gasteiger partial charge in [0.1, 0.15) is 0 Å². The largest absolute Gasteiger partial charge is 0.498 e. The fourth-order valence-corrected chi connectivity index (χ4v) is 2.04. The van der Waals surface area contributed by atoms with E-state index < -0.39 is 0 Å². The molecule has 2 rings (SSSR count). The molecule has 12 heavy (non-hydrogen) atoms. The first-order chi connectivity index (χ1) is 5.79. The normalized spacial score (nSPS) is 23.8. The first-order valence-corrected chi connectivity index (χ1v) is 4.80. The molecule has 0 radical (unpaired) electrons. The van der Waals surface area contributed by atoms with Crippen molar-refractivity contribution in [2.75, 3.05) is 6.61 Å². The molecule has 1 aliphatic carbocycles. The van der Waals surface area contributed by atoms with E-state index in [0.29, 0.717) is 0 Å². The van der Waals surface area contributed by atoms with Crippen molar-refractivity contribution < 1.29 is 4.74 Å². The number of rotatable bonds is 0. The van der Waals surface area contributed by atoms with Gasteiger partial charge in [-0.05, 0) is 44.3 Å². The van der Waals surface area contributed by atoms with Crippen LogP contribution in [0.1, 0.15) is 39.5 Å². The van der Waals surface area contributed by atoms with Gasteiger partial charge in [-0.25, -0.2) is 0 Å². The Bertz CT molecular complexity index is 258. The predicted molar refractivity (Wildman–Crippen MR) is 49.8 cm³/mol. The molecule has 1 aliphatic heterocycles. The summed E-state index contributed by atoms with van der Waals surface area (Å²) in [6, 6.07) is 0. The van der Waals surface area contributed by atoms with Crippen molar-refractivity contribution in [2.24, 2.45) is 0 Å². The molecule has 1 heteroatoms. The number of hydrogen-bond donors (Lipinski definition) is 0. The lowest BCUT2D eigenvalue weighted by Crippen LogP contribution is -2.12. The Morgan fingerprint density at radius 1 is 1.08 bits per heavy atom. The molecule has 0 spiro atoms. The van der Waals surface area contributed by atoms with Crippen LogP contribution < -0.4 is 0 Å². The summed E-state index contributed by atoms with van der Waals surface area (Å²) in [6.07, 6.45) is 4.77. The van der Waals surface area contributed by atoms with Gasteiger partial charge in [0.25, 0.3) is 0 Å². The van der Waals surface area contributed by atoms with Crippen LogP contribution in [-0.4, -0.2) is 6.61 Å². The van der Waals surface area contributed by atoms with Crippen LogP contribution in [0.2, 0.25) is 0 Å². The average molecular weight is 164 g/mol.